The average Bonchev–Trinajstić information content (AvgIpc) is 2.90. The zero-order valence-electron chi connectivity index (χ0n) is 13.7. The number of aryl methyl sites for hydroxylation is 1. The van der Waals surface area contributed by atoms with Crippen molar-refractivity contribution >= 4 is 29.1 Å². The highest BCUT2D eigenvalue weighted by molar-refractivity contribution is 6.29. The Morgan fingerprint density at radius 2 is 2.38 bits per heavy atom. The van der Waals surface area contributed by atoms with Crippen molar-refractivity contribution < 1.29 is 4.79 Å². The Morgan fingerprint density at radius 1 is 1.58 bits per heavy atom. The summed E-state index contributed by atoms with van der Waals surface area (Å²) in [4.78, 5) is 21.1. The zero-order chi connectivity index (χ0) is 17.3. The largest absolute Gasteiger partial charge is 0.366 e. The van der Waals surface area contributed by atoms with Crippen LogP contribution in [0.2, 0.25) is 5.15 Å². The first kappa shape index (κ1) is 16.4. The third-order valence-electron chi connectivity index (χ3n) is 4.15. The van der Waals surface area contributed by atoms with Crippen molar-refractivity contribution in [3.8, 4) is 0 Å². The maximum Gasteiger partial charge on any atom is 0.327 e. The third kappa shape index (κ3) is 2.99. The van der Waals surface area contributed by atoms with Crippen molar-refractivity contribution in [1.82, 2.24) is 10.3 Å². The molecule has 0 aliphatic carbocycles. The van der Waals surface area contributed by atoms with Gasteiger partial charge in [0.05, 0.1) is 17.9 Å². The van der Waals surface area contributed by atoms with Crippen LogP contribution in [0.3, 0.4) is 0 Å². The molecule has 126 valence electrons. The van der Waals surface area contributed by atoms with Gasteiger partial charge in [-0.15, -0.1) is 0 Å². The molecule has 2 aliphatic rings. The van der Waals surface area contributed by atoms with Crippen LogP contribution < -0.4 is 15.1 Å². The number of fused-ring (bicyclic) bond motifs is 4. The predicted molar refractivity (Wildman–Crippen MR) is 94.7 cm³/mol. The maximum atomic E-state index is 12.8. The van der Waals surface area contributed by atoms with E-state index in [1.165, 1.54) is 6.20 Å². The summed E-state index contributed by atoms with van der Waals surface area (Å²) in [7, 11) is 1.57. The highest BCUT2D eigenvalue weighted by atomic mass is 35.5. The lowest BCUT2D eigenvalue weighted by atomic mass is 10.1. The van der Waals surface area contributed by atoms with Crippen LogP contribution in [0.5, 0.6) is 0 Å². The van der Waals surface area contributed by atoms with E-state index in [-0.39, 0.29) is 12.1 Å². The Labute approximate surface area is 145 Å². The number of nitrogens with zero attached hydrogens (tertiary/aromatic N) is 5. The van der Waals surface area contributed by atoms with Gasteiger partial charge >= 0.3 is 6.03 Å². The van der Waals surface area contributed by atoms with E-state index in [0.717, 1.165) is 30.8 Å². The monoisotopic (exact) mass is 346 g/mol. The van der Waals surface area contributed by atoms with Crippen molar-refractivity contribution in [2.75, 3.05) is 29.9 Å². The minimum Gasteiger partial charge on any atom is -0.366 e. The van der Waals surface area contributed by atoms with Crippen molar-refractivity contribution in [2.24, 2.45) is 10.2 Å². The van der Waals surface area contributed by atoms with E-state index in [4.69, 9.17) is 11.6 Å². The molecule has 1 fully saturated rings. The molecule has 2 bridgehead atoms. The fraction of sp³-hybridized carbons (Fsp3) is 0.375. The molecule has 0 aromatic carbocycles. The molecule has 0 unspecified atom stereocenters. The minimum absolute atomic E-state index is 0.0787. The summed E-state index contributed by atoms with van der Waals surface area (Å²) in [6.07, 6.45) is 3.96. The fourth-order valence-electron chi connectivity index (χ4n) is 3.19. The molecule has 7 nitrogen and oxygen atoms in total. The van der Waals surface area contributed by atoms with Crippen molar-refractivity contribution in [3.63, 3.8) is 0 Å². The number of allylic oxidation sites excluding steroid dienone is 1. The van der Waals surface area contributed by atoms with Crippen LogP contribution in [0.15, 0.2) is 40.8 Å². The quantitative estimate of drug-likeness (QED) is 0.518. The second-order valence-corrected chi connectivity index (χ2v) is 6.17. The Kier molecular flexibility index (Phi) is 4.53. The molecule has 2 aliphatic heterocycles. The van der Waals surface area contributed by atoms with Crippen molar-refractivity contribution in [2.45, 2.75) is 19.4 Å². The summed E-state index contributed by atoms with van der Waals surface area (Å²) in [6, 6.07) is 1.64. The second-order valence-electron chi connectivity index (χ2n) is 5.78. The van der Waals surface area contributed by atoms with Gasteiger partial charge in [0.2, 0.25) is 0 Å². The van der Waals surface area contributed by atoms with Crippen molar-refractivity contribution in [3.05, 3.63) is 41.3 Å². The van der Waals surface area contributed by atoms with Crippen LogP contribution in [0.1, 0.15) is 12.0 Å². The van der Waals surface area contributed by atoms with Crippen LogP contribution in [-0.2, 0) is 0 Å². The van der Waals surface area contributed by atoms with Crippen LogP contribution in [0.4, 0.5) is 16.3 Å². The summed E-state index contributed by atoms with van der Waals surface area (Å²) in [5, 5.41) is 10.5. The van der Waals surface area contributed by atoms with Gasteiger partial charge in [-0.05, 0) is 31.1 Å². The molecule has 0 saturated carbocycles. The van der Waals surface area contributed by atoms with Crippen LogP contribution in [-0.4, -0.2) is 37.2 Å². The smallest absolute Gasteiger partial charge is 0.327 e. The SMILES string of the molecule is C=C(/C=C\N=NC)NC(=O)N1c2nc(Cl)cc(C)c2N2CC[C@H]1C2. The van der Waals surface area contributed by atoms with E-state index >= 15 is 0 Å². The Bertz CT molecular complexity index is 744. The Balaban J connectivity index is 1.89. The number of amides is 2. The third-order valence-corrected chi connectivity index (χ3v) is 4.34. The number of carbonyl (C=O) groups is 1. The molecule has 1 saturated heterocycles. The Hall–Kier alpha value is -2.41. The molecule has 1 aromatic heterocycles. The summed E-state index contributed by atoms with van der Waals surface area (Å²) in [6.45, 7) is 7.50. The van der Waals surface area contributed by atoms with Gasteiger partial charge in [0.15, 0.2) is 5.82 Å². The number of hydrogen-bond acceptors (Lipinski definition) is 5. The number of azo groups is 1. The topological polar surface area (TPSA) is 73.2 Å². The number of rotatable bonds is 3. The van der Waals surface area contributed by atoms with E-state index in [2.05, 4.69) is 32.0 Å². The molecule has 3 rings (SSSR count). The zero-order valence-corrected chi connectivity index (χ0v) is 14.4. The van der Waals surface area contributed by atoms with E-state index in [1.807, 2.05) is 13.0 Å². The number of aromatic nitrogens is 1. The number of anilines is 2. The van der Waals surface area contributed by atoms with Gasteiger partial charge in [-0.3, -0.25) is 4.90 Å². The van der Waals surface area contributed by atoms with Gasteiger partial charge < -0.3 is 10.2 Å². The molecule has 1 atom stereocenters. The highest BCUT2D eigenvalue weighted by Crippen LogP contribution is 2.41. The standard InChI is InChI=1S/C16H19ClN6O/c1-10-8-13(17)21-15-14(10)22-7-5-12(9-22)23(15)16(24)20-11(2)4-6-19-18-3/h4,6,8,12H,2,5,7,9H2,1,3H3,(H,20,24)/b6-4-,19-18?/t12-/m0/s1. The Morgan fingerprint density at radius 3 is 3.12 bits per heavy atom. The van der Waals surface area contributed by atoms with Crippen LogP contribution in [0.25, 0.3) is 0 Å². The molecule has 24 heavy (non-hydrogen) atoms. The van der Waals surface area contributed by atoms with Gasteiger partial charge in [0.1, 0.15) is 5.15 Å². The van der Waals surface area contributed by atoms with Crippen LogP contribution >= 0.6 is 11.6 Å². The van der Waals surface area contributed by atoms with Gasteiger partial charge in [-0.2, -0.15) is 10.2 Å². The second kappa shape index (κ2) is 6.60. The number of carbonyl (C=O) groups excluding carboxylic acids is 1. The fourth-order valence-corrected chi connectivity index (χ4v) is 3.43. The molecule has 2 amide bonds. The van der Waals surface area contributed by atoms with E-state index in [1.54, 1.807) is 18.0 Å². The number of halogens is 1. The van der Waals surface area contributed by atoms with E-state index in [0.29, 0.717) is 16.7 Å². The molecule has 8 heteroatoms. The van der Waals surface area contributed by atoms with E-state index in [9.17, 15) is 4.79 Å². The lowest BCUT2D eigenvalue weighted by molar-refractivity contribution is 0.246. The molecular weight excluding hydrogens is 328 g/mol. The number of nitrogens with one attached hydrogen (secondary N) is 1. The molecule has 0 spiro atoms. The van der Waals surface area contributed by atoms with Gasteiger partial charge in [0.25, 0.3) is 0 Å². The maximum absolute atomic E-state index is 12.8. The van der Waals surface area contributed by atoms with Gasteiger partial charge in [-0.1, -0.05) is 18.2 Å². The number of pyridine rings is 1. The molecular formula is C16H19ClN6O. The predicted octanol–water partition coefficient (Wildman–Crippen LogP) is 3.26. The molecule has 0 radical (unpaired) electrons. The summed E-state index contributed by atoms with van der Waals surface area (Å²) in [5.41, 5.74) is 2.43. The van der Waals surface area contributed by atoms with E-state index < -0.39 is 0 Å². The van der Waals surface area contributed by atoms with Gasteiger partial charge in [-0.25, -0.2) is 9.78 Å². The molecule has 1 N–H and O–H groups in total. The van der Waals surface area contributed by atoms with Crippen LogP contribution in [0, 0.1) is 6.92 Å². The highest BCUT2D eigenvalue weighted by Gasteiger charge is 2.41. The first-order valence-electron chi connectivity index (χ1n) is 7.68. The normalized spacial score (nSPS) is 19.2. The summed E-state index contributed by atoms with van der Waals surface area (Å²) >= 11 is 6.12. The number of urea groups is 1. The van der Waals surface area contributed by atoms with Gasteiger partial charge in [0, 0.05) is 25.8 Å². The summed E-state index contributed by atoms with van der Waals surface area (Å²) in [5.74, 6) is 0.608. The lowest BCUT2D eigenvalue weighted by Crippen LogP contribution is -2.50. The van der Waals surface area contributed by atoms with Crippen molar-refractivity contribution in [1.29, 1.82) is 0 Å². The first-order chi connectivity index (χ1) is 11.5. The lowest BCUT2D eigenvalue weighted by Gasteiger charge is -2.36. The first-order valence-corrected chi connectivity index (χ1v) is 8.05. The average molecular weight is 347 g/mol. The number of hydrogen-bond donors (Lipinski definition) is 1. The molecule has 3 heterocycles. The minimum atomic E-state index is -0.264. The summed E-state index contributed by atoms with van der Waals surface area (Å²) < 4.78 is 0. The molecule has 1 aromatic rings.